The molecule has 3 heterocycles. The van der Waals surface area contributed by atoms with E-state index < -0.39 is 0 Å². The van der Waals surface area contributed by atoms with Gasteiger partial charge in [0.2, 0.25) is 0 Å². The monoisotopic (exact) mass is 356 g/mol. The highest BCUT2D eigenvalue weighted by Gasteiger charge is 2.17. The predicted octanol–water partition coefficient (Wildman–Crippen LogP) is 4.68. The van der Waals surface area contributed by atoms with Gasteiger partial charge >= 0.3 is 0 Å². The Balaban J connectivity index is 1.56. The summed E-state index contributed by atoms with van der Waals surface area (Å²) in [6.07, 6.45) is 2.46. The van der Waals surface area contributed by atoms with Crippen LogP contribution in [0.25, 0.3) is 22.4 Å². The van der Waals surface area contributed by atoms with E-state index in [0.717, 1.165) is 34.3 Å². The zero-order valence-corrected chi connectivity index (χ0v) is 14.4. The van der Waals surface area contributed by atoms with E-state index in [1.165, 1.54) is 0 Å². The summed E-state index contributed by atoms with van der Waals surface area (Å²) >= 11 is 0. The number of hydrogen-bond acceptors (Lipinski definition) is 4. The van der Waals surface area contributed by atoms with Crippen molar-refractivity contribution in [1.29, 1.82) is 0 Å². The van der Waals surface area contributed by atoms with Gasteiger partial charge in [0.15, 0.2) is 5.76 Å². The van der Waals surface area contributed by atoms with E-state index in [0.29, 0.717) is 23.6 Å². The molecule has 0 saturated heterocycles. The summed E-state index contributed by atoms with van der Waals surface area (Å²) in [4.78, 5) is 17.7. The Morgan fingerprint density at radius 3 is 2.85 bits per heavy atom. The predicted molar refractivity (Wildman–Crippen MR) is 103 cm³/mol. The van der Waals surface area contributed by atoms with Crippen LogP contribution in [0.4, 0.5) is 5.69 Å². The van der Waals surface area contributed by atoms with Gasteiger partial charge in [0.25, 0.3) is 5.91 Å². The summed E-state index contributed by atoms with van der Waals surface area (Å²) < 4.78 is 11.0. The molecule has 1 N–H and O–H groups in total. The molecule has 2 aromatic heterocycles. The Labute approximate surface area is 155 Å². The molecular weight excluding hydrogens is 340 g/mol. The molecule has 1 aliphatic rings. The zero-order chi connectivity index (χ0) is 18.2. The number of rotatable bonds is 3. The highest BCUT2D eigenvalue weighted by molar-refractivity contribution is 6.13. The van der Waals surface area contributed by atoms with Crippen molar-refractivity contribution >= 4 is 22.5 Å². The van der Waals surface area contributed by atoms with Gasteiger partial charge in [0.05, 0.1) is 24.0 Å². The normalized spacial score (nSPS) is 12.6. The van der Waals surface area contributed by atoms with Crippen LogP contribution in [0.1, 0.15) is 15.9 Å². The summed E-state index contributed by atoms with van der Waals surface area (Å²) in [6.45, 7) is 0.689. The third-order valence-corrected chi connectivity index (χ3v) is 4.68. The van der Waals surface area contributed by atoms with Crippen LogP contribution >= 0.6 is 0 Å². The van der Waals surface area contributed by atoms with Crippen molar-refractivity contribution in [2.24, 2.45) is 0 Å². The molecular formula is C22H16N2O3. The minimum atomic E-state index is -0.180. The highest BCUT2D eigenvalue weighted by atomic mass is 16.5. The number of carbonyl (C=O) groups is 1. The summed E-state index contributed by atoms with van der Waals surface area (Å²) in [5.74, 6) is 1.34. The molecule has 132 valence electrons. The van der Waals surface area contributed by atoms with Gasteiger partial charge in [0, 0.05) is 17.5 Å². The molecule has 0 unspecified atom stereocenters. The number of anilines is 1. The molecule has 5 heteroatoms. The molecule has 27 heavy (non-hydrogen) atoms. The number of hydrogen-bond donors (Lipinski definition) is 1. The van der Waals surface area contributed by atoms with E-state index in [4.69, 9.17) is 9.15 Å². The van der Waals surface area contributed by atoms with Gasteiger partial charge in [-0.25, -0.2) is 4.98 Å². The average molecular weight is 356 g/mol. The Hall–Kier alpha value is -3.60. The van der Waals surface area contributed by atoms with E-state index in [1.807, 2.05) is 48.5 Å². The fourth-order valence-corrected chi connectivity index (χ4v) is 3.38. The first-order chi connectivity index (χ1) is 13.3. The van der Waals surface area contributed by atoms with Crippen LogP contribution in [0.5, 0.6) is 5.75 Å². The summed E-state index contributed by atoms with van der Waals surface area (Å²) in [7, 11) is 0. The Morgan fingerprint density at radius 1 is 1.04 bits per heavy atom. The lowest BCUT2D eigenvalue weighted by Gasteiger charge is -2.10. The lowest BCUT2D eigenvalue weighted by molar-refractivity contribution is 0.102. The number of amides is 1. The number of pyridine rings is 1. The van der Waals surface area contributed by atoms with Gasteiger partial charge in [-0.3, -0.25) is 4.79 Å². The second-order valence-electron chi connectivity index (χ2n) is 6.42. The van der Waals surface area contributed by atoms with Crippen molar-refractivity contribution in [3.05, 3.63) is 78.1 Å². The molecule has 0 spiro atoms. The van der Waals surface area contributed by atoms with Crippen LogP contribution < -0.4 is 10.1 Å². The second kappa shape index (κ2) is 6.29. The topological polar surface area (TPSA) is 64.4 Å². The molecule has 0 radical (unpaired) electrons. The maximum atomic E-state index is 13.0. The molecule has 5 nitrogen and oxygen atoms in total. The second-order valence-corrected chi connectivity index (χ2v) is 6.42. The molecule has 2 aromatic carbocycles. The lowest BCUT2D eigenvalue weighted by Crippen LogP contribution is -2.13. The minimum absolute atomic E-state index is 0.180. The molecule has 1 aliphatic heterocycles. The molecule has 0 saturated carbocycles. The fraction of sp³-hybridized carbons (Fsp3) is 0.0909. The number of para-hydroxylation sites is 1. The number of benzene rings is 2. The van der Waals surface area contributed by atoms with Crippen molar-refractivity contribution in [2.75, 3.05) is 11.9 Å². The van der Waals surface area contributed by atoms with Crippen molar-refractivity contribution in [2.45, 2.75) is 6.42 Å². The first-order valence-electron chi connectivity index (χ1n) is 8.79. The van der Waals surface area contributed by atoms with Crippen LogP contribution in [0.15, 0.2) is 71.3 Å². The number of aromatic nitrogens is 1. The zero-order valence-electron chi connectivity index (χ0n) is 14.4. The van der Waals surface area contributed by atoms with E-state index in [-0.39, 0.29) is 5.91 Å². The Morgan fingerprint density at radius 2 is 1.96 bits per heavy atom. The van der Waals surface area contributed by atoms with Gasteiger partial charge in [-0.2, -0.15) is 0 Å². The van der Waals surface area contributed by atoms with Gasteiger partial charge in [-0.15, -0.1) is 0 Å². The largest absolute Gasteiger partial charge is 0.493 e. The molecule has 0 fully saturated rings. The maximum absolute atomic E-state index is 13.0. The standard InChI is InChI=1S/C22H16N2O3/c25-22(23-15-7-8-20-14(12-15)9-11-27-20)17-13-19(21-6-3-10-26-21)24-18-5-2-1-4-16(17)18/h1-8,10,12-13H,9,11H2,(H,23,25). The van der Waals surface area contributed by atoms with Gasteiger partial charge in [-0.1, -0.05) is 18.2 Å². The van der Waals surface area contributed by atoms with E-state index in [2.05, 4.69) is 10.3 Å². The van der Waals surface area contributed by atoms with E-state index in [1.54, 1.807) is 18.4 Å². The number of nitrogens with zero attached hydrogens (tertiary/aromatic N) is 1. The molecule has 1 amide bonds. The number of carbonyl (C=O) groups excluding carboxylic acids is 1. The summed E-state index contributed by atoms with van der Waals surface area (Å²) in [5, 5.41) is 3.80. The van der Waals surface area contributed by atoms with Crippen molar-refractivity contribution < 1.29 is 13.9 Å². The smallest absolute Gasteiger partial charge is 0.256 e. The summed E-state index contributed by atoms with van der Waals surface area (Å²) in [5.41, 5.74) is 3.81. The molecule has 0 atom stereocenters. The van der Waals surface area contributed by atoms with Gasteiger partial charge in [0.1, 0.15) is 11.4 Å². The first-order valence-corrected chi connectivity index (χ1v) is 8.79. The third-order valence-electron chi connectivity index (χ3n) is 4.68. The number of ether oxygens (including phenoxy) is 1. The van der Waals surface area contributed by atoms with Crippen molar-refractivity contribution in [1.82, 2.24) is 4.98 Å². The SMILES string of the molecule is O=C(Nc1ccc2c(c1)CCO2)c1cc(-c2ccco2)nc2ccccc12. The van der Waals surface area contributed by atoms with Crippen molar-refractivity contribution in [3.63, 3.8) is 0 Å². The van der Waals surface area contributed by atoms with E-state index >= 15 is 0 Å². The number of nitrogens with one attached hydrogen (secondary N) is 1. The van der Waals surface area contributed by atoms with Crippen LogP contribution in [0, 0.1) is 0 Å². The maximum Gasteiger partial charge on any atom is 0.256 e. The van der Waals surface area contributed by atoms with Crippen molar-refractivity contribution in [3.8, 4) is 17.2 Å². The molecule has 5 rings (SSSR count). The summed E-state index contributed by atoms with van der Waals surface area (Å²) in [6, 6.07) is 18.7. The van der Waals surface area contributed by atoms with Crippen LogP contribution in [0.2, 0.25) is 0 Å². The number of fused-ring (bicyclic) bond motifs is 2. The lowest BCUT2D eigenvalue weighted by atomic mass is 10.1. The van der Waals surface area contributed by atoms with Gasteiger partial charge in [-0.05, 0) is 48.0 Å². The molecule has 0 aliphatic carbocycles. The molecule has 4 aromatic rings. The van der Waals surface area contributed by atoms with Gasteiger partial charge < -0.3 is 14.5 Å². The molecule has 0 bridgehead atoms. The van der Waals surface area contributed by atoms with Crippen LogP contribution in [-0.2, 0) is 6.42 Å². The average Bonchev–Trinajstić information content (AvgIpc) is 3.38. The third kappa shape index (κ3) is 2.83. The fourth-order valence-electron chi connectivity index (χ4n) is 3.38. The quantitative estimate of drug-likeness (QED) is 0.579. The number of furan rings is 1. The minimum Gasteiger partial charge on any atom is -0.493 e. The van der Waals surface area contributed by atoms with Crippen LogP contribution in [-0.4, -0.2) is 17.5 Å². The van der Waals surface area contributed by atoms with E-state index in [9.17, 15) is 4.79 Å². The highest BCUT2D eigenvalue weighted by Crippen LogP contribution is 2.29. The first kappa shape index (κ1) is 15.6. The Bertz CT molecular complexity index is 1150. The Kier molecular flexibility index (Phi) is 3.64. The van der Waals surface area contributed by atoms with Crippen LogP contribution in [0.3, 0.4) is 0 Å².